The monoisotopic (exact) mass is 360 g/mol. The number of rotatable bonds is 6. The van der Waals surface area contributed by atoms with Crippen LogP contribution in [0.15, 0.2) is 66.7 Å². The SMILES string of the molecule is CC(C)Nc1cc(C(=O)NC(C)c2ccccc2)nc(-c2ccccc2)n1. The lowest BCUT2D eigenvalue weighted by atomic mass is 10.1. The summed E-state index contributed by atoms with van der Waals surface area (Å²) in [6.45, 7) is 6.02. The van der Waals surface area contributed by atoms with Crippen molar-refractivity contribution in [2.45, 2.75) is 32.9 Å². The van der Waals surface area contributed by atoms with E-state index in [0.29, 0.717) is 17.3 Å². The Kier molecular flexibility index (Phi) is 5.81. The van der Waals surface area contributed by atoms with Crippen molar-refractivity contribution in [2.75, 3.05) is 5.32 Å². The normalized spacial score (nSPS) is 11.9. The number of amides is 1. The maximum absolute atomic E-state index is 12.8. The van der Waals surface area contributed by atoms with Crippen molar-refractivity contribution in [3.63, 3.8) is 0 Å². The van der Waals surface area contributed by atoms with Gasteiger partial charge in [0.2, 0.25) is 0 Å². The van der Waals surface area contributed by atoms with E-state index in [1.165, 1.54) is 0 Å². The Hall–Kier alpha value is -3.21. The summed E-state index contributed by atoms with van der Waals surface area (Å²) in [6, 6.07) is 21.3. The second kappa shape index (κ2) is 8.45. The van der Waals surface area contributed by atoms with Crippen LogP contribution in [-0.4, -0.2) is 21.9 Å². The maximum Gasteiger partial charge on any atom is 0.270 e. The maximum atomic E-state index is 12.8. The van der Waals surface area contributed by atoms with Crippen molar-refractivity contribution in [1.29, 1.82) is 0 Å². The van der Waals surface area contributed by atoms with Crippen molar-refractivity contribution >= 4 is 11.7 Å². The minimum atomic E-state index is -0.224. The lowest BCUT2D eigenvalue weighted by Gasteiger charge is -2.16. The number of anilines is 1. The van der Waals surface area contributed by atoms with E-state index >= 15 is 0 Å². The third-order valence-electron chi connectivity index (χ3n) is 4.07. The molecule has 0 aliphatic rings. The third kappa shape index (κ3) is 4.91. The summed E-state index contributed by atoms with van der Waals surface area (Å²) in [5.74, 6) is 0.938. The van der Waals surface area contributed by atoms with Crippen molar-refractivity contribution < 1.29 is 4.79 Å². The first-order valence-corrected chi connectivity index (χ1v) is 9.10. The van der Waals surface area contributed by atoms with Crippen molar-refractivity contribution in [3.05, 3.63) is 78.0 Å². The standard InChI is InChI=1S/C22H24N4O/c1-15(2)23-20-14-19(25-21(26-20)18-12-8-5-9-13-18)22(27)24-16(3)17-10-6-4-7-11-17/h4-16H,1-3H3,(H,24,27)(H,23,25,26). The van der Waals surface area contributed by atoms with Gasteiger partial charge in [0.1, 0.15) is 11.5 Å². The largest absolute Gasteiger partial charge is 0.368 e. The zero-order chi connectivity index (χ0) is 19.2. The number of aromatic nitrogens is 2. The minimum Gasteiger partial charge on any atom is -0.368 e. The highest BCUT2D eigenvalue weighted by Gasteiger charge is 2.16. The fraction of sp³-hybridized carbons (Fsp3) is 0.227. The number of carbonyl (C=O) groups excluding carboxylic acids is 1. The minimum absolute atomic E-state index is 0.115. The summed E-state index contributed by atoms with van der Waals surface area (Å²) in [4.78, 5) is 21.9. The van der Waals surface area contributed by atoms with Gasteiger partial charge in [-0.25, -0.2) is 9.97 Å². The fourth-order valence-corrected chi connectivity index (χ4v) is 2.75. The van der Waals surface area contributed by atoms with Gasteiger partial charge in [-0.15, -0.1) is 0 Å². The second-order valence-electron chi connectivity index (χ2n) is 6.73. The van der Waals surface area contributed by atoms with E-state index in [4.69, 9.17) is 0 Å². The quantitative estimate of drug-likeness (QED) is 0.681. The van der Waals surface area contributed by atoms with Gasteiger partial charge in [-0.05, 0) is 26.3 Å². The average Bonchev–Trinajstić information content (AvgIpc) is 2.68. The molecular formula is C22H24N4O. The molecule has 0 spiro atoms. The average molecular weight is 360 g/mol. The van der Waals surface area contributed by atoms with Crippen LogP contribution in [0.2, 0.25) is 0 Å². The first-order chi connectivity index (χ1) is 13.0. The highest BCUT2D eigenvalue weighted by Crippen LogP contribution is 2.19. The molecule has 0 saturated carbocycles. The van der Waals surface area contributed by atoms with Gasteiger partial charge >= 0.3 is 0 Å². The van der Waals surface area contributed by atoms with Crippen LogP contribution in [0.25, 0.3) is 11.4 Å². The molecule has 1 heterocycles. The summed E-state index contributed by atoms with van der Waals surface area (Å²) < 4.78 is 0. The molecule has 2 aromatic carbocycles. The van der Waals surface area contributed by atoms with Gasteiger partial charge in [0, 0.05) is 17.7 Å². The molecule has 1 atom stereocenters. The molecule has 0 fully saturated rings. The summed E-state index contributed by atoms with van der Waals surface area (Å²) in [6.07, 6.45) is 0. The molecule has 0 aliphatic heterocycles. The second-order valence-corrected chi connectivity index (χ2v) is 6.73. The van der Waals surface area contributed by atoms with E-state index in [2.05, 4.69) is 20.6 Å². The molecule has 1 amide bonds. The van der Waals surface area contributed by atoms with Gasteiger partial charge in [0.15, 0.2) is 5.82 Å². The number of nitrogens with zero attached hydrogens (tertiary/aromatic N) is 2. The molecule has 2 N–H and O–H groups in total. The zero-order valence-corrected chi connectivity index (χ0v) is 15.8. The summed E-state index contributed by atoms with van der Waals surface area (Å²) in [5.41, 5.74) is 2.26. The molecule has 3 rings (SSSR count). The molecular weight excluding hydrogens is 336 g/mol. The summed E-state index contributed by atoms with van der Waals surface area (Å²) >= 11 is 0. The van der Waals surface area contributed by atoms with Crippen LogP contribution in [0.1, 0.15) is 42.9 Å². The van der Waals surface area contributed by atoms with E-state index in [-0.39, 0.29) is 18.0 Å². The molecule has 27 heavy (non-hydrogen) atoms. The third-order valence-corrected chi connectivity index (χ3v) is 4.07. The Labute approximate surface area is 159 Å². The molecule has 1 unspecified atom stereocenters. The molecule has 5 heteroatoms. The highest BCUT2D eigenvalue weighted by molar-refractivity contribution is 5.93. The molecule has 0 aliphatic carbocycles. The van der Waals surface area contributed by atoms with E-state index in [1.54, 1.807) is 6.07 Å². The Bertz CT molecular complexity index is 895. The smallest absolute Gasteiger partial charge is 0.270 e. The van der Waals surface area contributed by atoms with Crippen LogP contribution in [-0.2, 0) is 0 Å². The van der Waals surface area contributed by atoms with E-state index in [9.17, 15) is 4.79 Å². The van der Waals surface area contributed by atoms with Crippen LogP contribution >= 0.6 is 0 Å². The number of carbonyl (C=O) groups is 1. The van der Waals surface area contributed by atoms with Gasteiger partial charge in [-0.2, -0.15) is 0 Å². The van der Waals surface area contributed by atoms with E-state index < -0.39 is 0 Å². The molecule has 1 aromatic heterocycles. The Morgan fingerprint density at radius 1 is 0.889 bits per heavy atom. The fourth-order valence-electron chi connectivity index (χ4n) is 2.75. The number of benzene rings is 2. The molecule has 0 saturated heterocycles. The number of hydrogen-bond acceptors (Lipinski definition) is 4. The Morgan fingerprint density at radius 3 is 2.15 bits per heavy atom. The van der Waals surface area contributed by atoms with Crippen LogP contribution in [0.5, 0.6) is 0 Å². The highest BCUT2D eigenvalue weighted by atomic mass is 16.1. The Balaban J connectivity index is 1.90. The van der Waals surface area contributed by atoms with Crippen molar-refractivity contribution in [3.8, 4) is 11.4 Å². The summed E-state index contributed by atoms with van der Waals surface area (Å²) in [5, 5.41) is 6.28. The summed E-state index contributed by atoms with van der Waals surface area (Å²) in [7, 11) is 0. The topological polar surface area (TPSA) is 66.9 Å². The van der Waals surface area contributed by atoms with Crippen molar-refractivity contribution in [1.82, 2.24) is 15.3 Å². The molecule has 138 valence electrons. The number of nitrogens with one attached hydrogen (secondary N) is 2. The van der Waals surface area contributed by atoms with E-state index in [1.807, 2.05) is 81.4 Å². The molecule has 5 nitrogen and oxygen atoms in total. The lowest BCUT2D eigenvalue weighted by Crippen LogP contribution is -2.28. The first kappa shape index (κ1) is 18.6. The number of hydrogen-bond donors (Lipinski definition) is 2. The van der Waals surface area contributed by atoms with Gasteiger partial charge in [-0.3, -0.25) is 4.79 Å². The van der Waals surface area contributed by atoms with Crippen LogP contribution in [0.4, 0.5) is 5.82 Å². The molecule has 0 bridgehead atoms. The van der Waals surface area contributed by atoms with Crippen LogP contribution in [0, 0.1) is 0 Å². The van der Waals surface area contributed by atoms with Gasteiger partial charge < -0.3 is 10.6 Å². The lowest BCUT2D eigenvalue weighted by molar-refractivity contribution is 0.0935. The Morgan fingerprint density at radius 2 is 1.52 bits per heavy atom. The van der Waals surface area contributed by atoms with Crippen LogP contribution < -0.4 is 10.6 Å². The molecule has 0 radical (unpaired) electrons. The predicted molar refractivity (Wildman–Crippen MR) is 109 cm³/mol. The zero-order valence-electron chi connectivity index (χ0n) is 15.8. The van der Waals surface area contributed by atoms with E-state index in [0.717, 1.165) is 11.1 Å². The predicted octanol–water partition coefficient (Wildman–Crippen LogP) is 4.45. The van der Waals surface area contributed by atoms with Crippen LogP contribution in [0.3, 0.4) is 0 Å². The van der Waals surface area contributed by atoms with Gasteiger partial charge in [0.25, 0.3) is 5.91 Å². The van der Waals surface area contributed by atoms with Crippen molar-refractivity contribution in [2.24, 2.45) is 0 Å². The van der Waals surface area contributed by atoms with Gasteiger partial charge in [-0.1, -0.05) is 60.7 Å². The first-order valence-electron chi connectivity index (χ1n) is 9.10. The molecule has 3 aromatic rings. The van der Waals surface area contributed by atoms with Gasteiger partial charge in [0.05, 0.1) is 6.04 Å².